The molecule has 3 heteroatoms. The molecule has 15 heavy (non-hydrogen) atoms. The van der Waals surface area contributed by atoms with Gasteiger partial charge in [-0.25, -0.2) is 0 Å². The van der Waals surface area contributed by atoms with Crippen LogP contribution in [-0.2, 0) is 0 Å². The first-order chi connectivity index (χ1) is 7.34. The van der Waals surface area contributed by atoms with Crippen LogP contribution in [0.4, 0.5) is 0 Å². The van der Waals surface area contributed by atoms with Crippen molar-refractivity contribution < 1.29 is 0 Å². The Morgan fingerprint density at radius 1 is 1.33 bits per heavy atom. The first kappa shape index (κ1) is 11.7. The van der Waals surface area contributed by atoms with Crippen LogP contribution >= 0.6 is 11.8 Å². The molecular weight excluding hydrogens is 204 g/mol. The van der Waals surface area contributed by atoms with Crippen molar-refractivity contribution in [1.29, 1.82) is 0 Å². The topological polar surface area (TPSA) is 15.3 Å². The Balaban J connectivity index is 1.74. The van der Waals surface area contributed by atoms with Crippen LogP contribution in [0.25, 0.3) is 0 Å². The zero-order valence-electron chi connectivity index (χ0n) is 9.87. The molecule has 0 aliphatic carbocycles. The molecule has 2 rings (SSSR count). The summed E-state index contributed by atoms with van der Waals surface area (Å²) in [6.07, 6.45) is 4.16. The van der Waals surface area contributed by atoms with Crippen LogP contribution in [0.2, 0.25) is 0 Å². The Labute approximate surface area is 98.2 Å². The SMILES string of the molecule is CC1CC(CN2CCCSCC2)CCN1. The zero-order valence-corrected chi connectivity index (χ0v) is 10.7. The van der Waals surface area contributed by atoms with Crippen LogP contribution < -0.4 is 5.32 Å². The fourth-order valence-corrected chi connectivity index (χ4v) is 3.67. The molecule has 0 saturated carbocycles. The van der Waals surface area contributed by atoms with Crippen LogP contribution in [0.5, 0.6) is 0 Å². The Bertz CT molecular complexity index is 178. The van der Waals surface area contributed by atoms with Crippen molar-refractivity contribution in [3.63, 3.8) is 0 Å². The molecular formula is C12H24N2S. The summed E-state index contributed by atoms with van der Waals surface area (Å²) in [7, 11) is 0. The van der Waals surface area contributed by atoms with Crippen LogP contribution in [0.15, 0.2) is 0 Å². The summed E-state index contributed by atoms with van der Waals surface area (Å²) in [6, 6.07) is 0.741. The highest BCUT2D eigenvalue weighted by Crippen LogP contribution is 2.19. The van der Waals surface area contributed by atoms with Crippen LogP contribution in [0, 0.1) is 5.92 Å². The van der Waals surface area contributed by atoms with E-state index in [0.717, 1.165) is 12.0 Å². The van der Waals surface area contributed by atoms with Crippen molar-refractivity contribution in [3.8, 4) is 0 Å². The van der Waals surface area contributed by atoms with E-state index in [9.17, 15) is 0 Å². The summed E-state index contributed by atoms with van der Waals surface area (Å²) in [5.41, 5.74) is 0. The molecule has 0 aromatic carbocycles. The van der Waals surface area contributed by atoms with E-state index in [4.69, 9.17) is 0 Å². The van der Waals surface area contributed by atoms with E-state index < -0.39 is 0 Å². The molecule has 0 radical (unpaired) electrons. The number of piperidine rings is 1. The predicted molar refractivity (Wildman–Crippen MR) is 68.6 cm³/mol. The van der Waals surface area contributed by atoms with Gasteiger partial charge < -0.3 is 10.2 Å². The molecule has 2 nitrogen and oxygen atoms in total. The molecule has 1 N–H and O–H groups in total. The number of thioether (sulfide) groups is 1. The van der Waals surface area contributed by atoms with Crippen molar-refractivity contribution in [1.82, 2.24) is 10.2 Å². The van der Waals surface area contributed by atoms with Gasteiger partial charge in [-0.3, -0.25) is 0 Å². The second-order valence-electron chi connectivity index (χ2n) is 5.01. The summed E-state index contributed by atoms with van der Waals surface area (Å²) in [6.45, 7) is 7.57. The Kier molecular flexibility index (Phi) is 4.79. The van der Waals surface area contributed by atoms with E-state index in [2.05, 4.69) is 28.9 Å². The minimum absolute atomic E-state index is 0.741. The molecule has 2 saturated heterocycles. The molecule has 2 aliphatic rings. The second kappa shape index (κ2) is 6.12. The average Bonchev–Trinajstić information content (AvgIpc) is 2.46. The van der Waals surface area contributed by atoms with Crippen LogP contribution in [0.1, 0.15) is 26.2 Å². The molecule has 2 fully saturated rings. The molecule has 0 amide bonds. The van der Waals surface area contributed by atoms with Gasteiger partial charge >= 0.3 is 0 Å². The average molecular weight is 228 g/mol. The largest absolute Gasteiger partial charge is 0.314 e. The molecule has 2 aliphatic heterocycles. The van der Waals surface area contributed by atoms with Gasteiger partial charge in [0.15, 0.2) is 0 Å². The normalized spacial score (nSPS) is 35.0. The third kappa shape index (κ3) is 3.97. The standard InChI is InChI=1S/C12H24N2S/c1-11-9-12(3-4-13-11)10-14-5-2-7-15-8-6-14/h11-13H,2-10H2,1H3. The lowest BCUT2D eigenvalue weighted by Crippen LogP contribution is -2.41. The summed E-state index contributed by atoms with van der Waals surface area (Å²) in [5.74, 6) is 3.67. The molecule has 0 bridgehead atoms. The summed E-state index contributed by atoms with van der Waals surface area (Å²) < 4.78 is 0. The smallest absolute Gasteiger partial charge is 0.00725 e. The monoisotopic (exact) mass is 228 g/mol. The van der Waals surface area contributed by atoms with Crippen molar-refractivity contribution in [2.45, 2.75) is 32.2 Å². The van der Waals surface area contributed by atoms with E-state index in [1.165, 1.54) is 56.9 Å². The van der Waals surface area contributed by atoms with Gasteiger partial charge in [-0.05, 0) is 50.9 Å². The number of nitrogens with one attached hydrogen (secondary N) is 1. The van der Waals surface area contributed by atoms with Crippen molar-refractivity contribution >= 4 is 11.8 Å². The number of hydrogen-bond donors (Lipinski definition) is 1. The quantitative estimate of drug-likeness (QED) is 0.776. The zero-order chi connectivity index (χ0) is 10.5. The molecule has 88 valence electrons. The Hall–Kier alpha value is 0.270. The van der Waals surface area contributed by atoms with E-state index in [1.807, 2.05) is 0 Å². The van der Waals surface area contributed by atoms with Gasteiger partial charge in [-0.2, -0.15) is 11.8 Å². The van der Waals surface area contributed by atoms with Crippen molar-refractivity contribution in [3.05, 3.63) is 0 Å². The number of rotatable bonds is 2. The minimum atomic E-state index is 0.741. The van der Waals surface area contributed by atoms with E-state index in [0.29, 0.717) is 0 Å². The summed E-state index contributed by atoms with van der Waals surface area (Å²) in [4.78, 5) is 2.70. The van der Waals surface area contributed by atoms with E-state index >= 15 is 0 Å². The maximum Gasteiger partial charge on any atom is 0.00725 e. The maximum absolute atomic E-state index is 3.54. The highest BCUT2D eigenvalue weighted by atomic mass is 32.2. The lowest BCUT2D eigenvalue weighted by molar-refractivity contribution is 0.201. The lowest BCUT2D eigenvalue weighted by Gasteiger charge is -2.32. The molecule has 0 spiro atoms. The lowest BCUT2D eigenvalue weighted by atomic mass is 9.93. The van der Waals surface area contributed by atoms with Gasteiger partial charge in [0.1, 0.15) is 0 Å². The first-order valence-electron chi connectivity index (χ1n) is 6.38. The maximum atomic E-state index is 3.54. The van der Waals surface area contributed by atoms with Gasteiger partial charge in [-0.1, -0.05) is 0 Å². The molecule has 2 heterocycles. The van der Waals surface area contributed by atoms with Crippen molar-refractivity contribution in [2.24, 2.45) is 5.92 Å². The fraction of sp³-hybridized carbons (Fsp3) is 1.00. The second-order valence-corrected chi connectivity index (χ2v) is 6.24. The Morgan fingerprint density at radius 3 is 3.13 bits per heavy atom. The molecule has 0 aromatic rings. The Morgan fingerprint density at radius 2 is 2.27 bits per heavy atom. The fourth-order valence-electron chi connectivity index (χ4n) is 2.75. The van der Waals surface area contributed by atoms with Crippen LogP contribution in [-0.4, -0.2) is 48.6 Å². The van der Waals surface area contributed by atoms with Gasteiger partial charge in [0.25, 0.3) is 0 Å². The van der Waals surface area contributed by atoms with E-state index in [1.54, 1.807) is 0 Å². The van der Waals surface area contributed by atoms with Gasteiger partial charge in [0.2, 0.25) is 0 Å². The third-order valence-corrected chi connectivity index (χ3v) is 4.61. The minimum Gasteiger partial charge on any atom is -0.314 e. The van der Waals surface area contributed by atoms with Gasteiger partial charge in [-0.15, -0.1) is 0 Å². The van der Waals surface area contributed by atoms with E-state index in [-0.39, 0.29) is 0 Å². The molecule has 2 atom stereocenters. The van der Waals surface area contributed by atoms with Gasteiger partial charge in [0, 0.05) is 24.9 Å². The molecule has 0 aromatic heterocycles. The summed E-state index contributed by atoms with van der Waals surface area (Å²) >= 11 is 2.13. The van der Waals surface area contributed by atoms with Gasteiger partial charge in [0.05, 0.1) is 0 Å². The van der Waals surface area contributed by atoms with Crippen LogP contribution in [0.3, 0.4) is 0 Å². The van der Waals surface area contributed by atoms with Crippen molar-refractivity contribution in [2.75, 3.05) is 37.7 Å². The highest BCUT2D eigenvalue weighted by molar-refractivity contribution is 7.99. The third-order valence-electron chi connectivity index (χ3n) is 3.56. The molecule has 2 unspecified atom stereocenters. The number of nitrogens with zero attached hydrogens (tertiary/aromatic N) is 1. The summed E-state index contributed by atoms with van der Waals surface area (Å²) in [5, 5.41) is 3.54. The number of hydrogen-bond acceptors (Lipinski definition) is 3. The first-order valence-corrected chi connectivity index (χ1v) is 7.53. The predicted octanol–water partition coefficient (Wildman–Crippen LogP) is 1.81. The highest BCUT2D eigenvalue weighted by Gasteiger charge is 2.21.